The predicted octanol–water partition coefficient (Wildman–Crippen LogP) is 0.910. The molecule has 88 valence electrons. The maximum absolute atomic E-state index is 10.5. The normalized spacial score (nSPS) is 24.3. The summed E-state index contributed by atoms with van der Waals surface area (Å²) in [7, 11) is 0. The van der Waals surface area contributed by atoms with Gasteiger partial charge in [0.2, 0.25) is 0 Å². The number of rotatable bonds is 6. The van der Waals surface area contributed by atoms with Gasteiger partial charge in [0, 0.05) is 13.1 Å². The largest absolute Gasteiger partial charge is 0.480 e. The highest BCUT2D eigenvalue weighted by molar-refractivity contribution is 5.72. The zero-order valence-electron chi connectivity index (χ0n) is 9.48. The van der Waals surface area contributed by atoms with E-state index in [1.165, 1.54) is 19.3 Å². The molecule has 0 spiro atoms. The number of hydrogen-bond acceptors (Lipinski definition) is 3. The molecule has 1 rings (SSSR count). The quantitative estimate of drug-likeness (QED) is 0.689. The second-order valence-corrected chi connectivity index (χ2v) is 4.48. The van der Waals surface area contributed by atoms with Gasteiger partial charge in [-0.25, -0.2) is 0 Å². The Morgan fingerprint density at radius 1 is 1.67 bits per heavy atom. The van der Waals surface area contributed by atoms with Gasteiger partial charge in [-0.05, 0) is 31.7 Å². The Labute approximate surface area is 91.4 Å². The minimum Gasteiger partial charge on any atom is -0.480 e. The van der Waals surface area contributed by atoms with Crippen LogP contribution in [0, 0.1) is 5.92 Å². The van der Waals surface area contributed by atoms with Gasteiger partial charge in [0.25, 0.3) is 0 Å². The number of carbonyl (C=O) groups is 1. The van der Waals surface area contributed by atoms with Crippen LogP contribution in [-0.4, -0.2) is 41.7 Å². The van der Waals surface area contributed by atoms with E-state index in [0.29, 0.717) is 6.42 Å². The van der Waals surface area contributed by atoms with Crippen molar-refractivity contribution in [1.29, 1.82) is 0 Å². The van der Waals surface area contributed by atoms with E-state index in [-0.39, 0.29) is 0 Å². The van der Waals surface area contributed by atoms with Gasteiger partial charge >= 0.3 is 5.97 Å². The summed E-state index contributed by atoms with van der Waals surface area (Å²) in [6.45, 7) is 5.27. The van der Waals surface area contributed by atoms with Crippen LogP contribution in [0.5, 0.6) is 0 Å². The number of likely N-dealkylation sites (tertiary alicyclic amines) is 1. The van der Waals surface area contributed by atoms with Gasteiger partial charge in [0.15, 0.2) is 0 Å². The molecule has 4 nitrogen and oxygen atoms in total. The van der Waals surface area contributed by atoms with Crippen LogP contribution in [0.1, 0.15) is 32.6 Å². The summed E-state index contributed by atoms with van der Waals surface area (Å²) in [6.07, 6.45) is 4.36. The Hall–Kier alpha value is -0.610. The van der Waals surface area contributed by atoms with Crippen molar-refractivity contribution in [3.63, 3.8) is 0 Å². The summed E-state index contributed by atoms with van der Waals surface area (Å²) in [6, 6.07) is -0.699. The first-order valence-corrected chi connectivity index (χ1v) is 5.84. The molecule has 1 aliphatic heterocycles. The fourth-order valence-electron chi connectivity index (χ4n) is 2.20. The van der Waals surface area contributed by atoms with Crippen molar-refractivity contribution in [3.8, 4) is 0 Å². The lowest BCUT2D eigenvalue weighted by molar-refractivity contribution is -0.138. The fraction of sp³-hybridized carbons (Fsp3) is 0.909. The standard InChI is InChI=1S/C11H22N2O2/c1-2-3-9-4-6-13(8-9)7-5-10(12)11(14)15/h9-10H,2-8,12H2,1H3,(H,14,15). The highest BCUT2D eigenvalue weighted by Crippen LogP contribution is 2.20. The minimum absolute atomic E-state index is 0.564. The molecule has 4 heteroatoms. The van der Waals surface area contributed by atoms with Crippen molar-refractivity contribution < 1.29 is 9.90 Å². The first-order chi connectivity index (χ1) is 7.13. The molecule has 3 N–H and O–H groups in total. The van der Waals surface area contributed by atoms with Crippen LogP contribution in [0.4, 0.5) is 0 Å². The minimum atomic E-state index is -0.890. The first-order valence-electron chi connectivity index (χ1n) is 5.84. The fourth-order valence-corrected chi connectivity index (χ4v) is 2.20. The van der Waals surface area contributed by atoms with Crippen LogP contribution < -0.4 is 5.73 Å². The summed E-state index contributed by atoms with van der Waals surface area (Å²) in [5, 5.41) is 8.65. The second-order valence-electron chi connectivity index (χ2n) is 4.48. The Kier molecular flexibility index (Phi) is 5.05. The average molecular weight is 214 g/mol. The third-order valence-electron chi connectivity index (χ3n) is 3.14. The molecular weight excluding hydrogens is 192 g/mol. The molecule has 0 aromatic rings. The topological polar surface area (TPSA) is 66.6 Å². The van der Waals surface area contributed by atoms with Crippen LogP contribution in [0.2, 0.25) is 0 Å². The van der Waals surface area contributed by atoms with Crippen LogP contribution >= 0.6 is 0 Å². The summed E-state index contributed by atoms with van der Waals surface area (Å²) in [5.74, 6) is -0.0737. The SMILES string of the molecule is CCCC1CCN(CCC(N)C(=O)O)C1. The smallest absolute Gasteiger partial charge is 0.320 e. The molecule has 0 aromatic heterocycles. The van der Waals surface area contributed by atoms with Crippen molar-refractivity contribution in [2.45, 2.75) is 38.6 Å². The van der Waals surface area contributed by atoms with Crippen molar-refractivity contribution >= 4 is 5.97 Å². The number of nitrogens with two attached hydrogens (primary N) is 1. The predicted molar refractivity (Wildman–Crippen MR) is 59.7 cm³/mol. The summed E-state index contributed by atoms with van der Waals surface area (Å²) in [4.78, 5) is 12.9. The second kappa shape index (κ2) is 6.08. The molecule has 0 amide bonds. The van der Waals surface area contributed by atoms with Gasteiger partial charge in [-0.2, -0.15) is 0 Å². The first kappa shape index (κ1) is 12.5. The molecule has 15 heavy (non-hydrogen) atoms. The Balaban J connectivity index is 2.16. The third kappa shape index (κ3) is 4.18. The van der Waals surface area contributed by atoms with Crippen molar-refractivity contribution in [2.24, 2.45) is 11.7 Å². The van der Waals surface area contributed by atoms with Crippen LogP contribution in [-0.2, 0) is 4.79 Å². The van der Waals surface area contributed by atoms with E-state index in [4.69, 9.17) is 10.8 Å². The van der Waals surface area contributed by atoms with Crippen LogP contribution in [0.3, 0.4) is 0 Å². The molecule has 2 unspecified atom stereocenters. The monoisotopic (exact) mass is 214 g/mol. The lowest BCUT2D eigenvalue weighted by Crippen LogP contribution is -2.34. The lowest BCUT2D eigenvalue weighted by atomic mass is 10.0. The number of aliphatic carboxylic acids is 1. The molecule has 0 aromatic carbocycles. The maximum Gasteiger partial charge on any atom is 0.320 e. The van der Waals surface area contributed by atoms with E-state index in [0.717, 1.165) is 25.6 Å². The van der Waals surface area contributed by atoms with Crippen LogP contribution in [0.25, 0.3) is 0 Å². The molecule has 1 fully saturated rings. The van der Waals surface area contributed by atoms with Gasteiger partial charge in [-0.15, -0.1) is 0 Å². The molecule has 1 heterocycles. The zero-order valence-corrected chi connectivity index (χ0v) is 9.48. The number of nitrogens with zero attached hydrogens (tertiary/aromatic N) is 1. The van der Waals surface area contributed by atoms with Gasteiger partial charge < -0.3 is 15.7 Å². The molecular formula is C11H22N2O2. The van der Waals surface area contributed by atoms with Crippen LogP contribution in [0.15, 0.2) is 0 Å². The van der Waals surface area contributed by atoms with Gasteiger partial charge in [-0.1, -0.05) is 13.3 Å². The van der Waals surface area contributed by atoms with Crippen molar-refractivity contribution in [1.82, 2.24) is 4.90 Å². The number of carboxylic acid groups (broad SMARTS) is 1. The Bertz CT molecular complexity index is 209. The summed E-state index contributed by atoms with van der Waals surface area (Å²) < 4.78 is 0. The van der Waals surface area contributed by atoms with E-state index in [9.17, 15) is 4.79 Å². The van der Waals surface area contributed by atoms with E-state index >= 15 is 0 Å². The summed E-state index contributed by atoms with van der Waals surface area (Å²) >= 11 is 0. The lowest BCUT2D eigenvalue weighted by Gasteiger charge is -2.17. The summed E-state index contributed by atoms with van der Waals surface area (Å²) in [5.41, 5.74) is 5.46. The maximum atomic E-state index is 10.5. The number of carboxylic acids is 1. The Morgan fingerprint density at radius 3 is 3.00 bits per heavy atom. The molecule has 2 atom stereocenters. The molecule has 0 aliphatic carbocycles. The van der Waals surface area contributed by atoms with Gasteiger partial charge in [0.1, 0.15) is 6.04 Å². The molecule has 1 saturated heterocycles. The van der Waals surface area contributed by atoms with Gasteiger partial charge in [-0.3, -0.25) is 4.79 Å². The Morgan fingerprint density at radius 2 is 2.40 bits per heavy atom. The third-order valence-corrected chi connectivity index (χ3v) is 3.14. The zero-order chi connectivity index (χ0) is 11.3. The van der Waals surface area contributed by atoms with E-state index < -0.39 is 12.0 Å². The van der Waals surface area contributed by atoms with E-state index in [1.54, 1.807) is 0 Å². The van der Waals surface area contributed by atoms with Crippen molar-refractivity contribution in [3.05, 3.63) is 0 Å². The molecule has 0 radical (unpaired) electrons. The highest BCUT2D eigenvalue weighted by atomic mass is 16.4. The van der Waals surface area contributed by atoms with Crippen molar-refractivity contribution in [2.75, 3.05) is 19.6 Å². The molecule has 0 saturated carbocycles. The van der Waals surface area contributed by atoms with E-state index in [2.05, 4.69) is 11.8 Å². The highest BCUT2D eigenvalue weighted by Gasteiger charge is 2.22. The van der Waals surface area contributed by atoms with E-state index in [1.807, 2.05) is 0 Å². The number of hydrogen-bond donors (Lipinski definition) is 2. The van der Waals surface area contributed by atoms with Gasteiger partial charge in [0.05, 0.1) is 0 Å². The molecule has 0 bridgehead atoms. The average Bonchev–Trinajstić information content (AvgIpc) is 2.62. The molecule has 1 aliphatic rings.